The van der Waals surface area contributed by atoms with E-state index in [4.69, 9.17) is 4.98 Å². The third-order valence-corrected chi connectivity index (χ3v) is 7.35. The van der Waals surface area contributed by atoms with Gasteiger partial charge in [0.2, 0.25) is 0 Å². The number of hydrogen-bond donors (Lipinski definition) is 2. The number of aromatic amines is 1. The Morgan fingerprint density at radius 2 is 1.78 bits per heavy atom. The molecule has 0 aliphatic carbocycles. The van der Waals surface area contributed by atoms with E-state index in [-0.39, 0.29) is 18.0 Å². The van der Waals surface area contributed by atoms with Crippen LogP contribution in [0.3, 0.4) is 0 Å². The van der Waals surface area contributed by atoms with E-state index in [0.717, 1.165) is 35.4 Å². The second-order valence-corrected chi connectivity index (χ2v) is 10.4. The number of nitrogens with zero attached hydrogens (tertiary/aromatic N) is 9. The summed E-state index contributed by atoms with van der Waals surface area (Å²) in [7, 11) is 0. The minimum atomic E-state index is -0.444. The molecule has 2 N–H and O–H groups in total. The zero-order chi connectivity index (χ0) is 28.1. The van der Waals surface area contributed by atoms with Crippen LogP contribution in [-0.4, -0.2) is 75.9 Å². The lowest BCUT2D eigenvalue weighted by Crippen LogP contribution is -2.70. The first-order valence-corrected chi connectivity index (χ1v) is 13.2. The summed E-state index contributed by atoms with van der Waals surface area (Å²) in [6.07, 6.45) is 6.62. The van der Waals surface area contributed by atoms with Crippen LogP contribution in [-0.2, 0) is 0 Å². The molecular formula is C28H26FN11O. The van der Waals surface area contributed by atoms with Gasteiger partial charge in [-0.2, -0.15) is 10.2 Å². The number of halogens is 1. The van der Waals surface area contributed by atoms with Crippen molar-refractivity contribution < 1.29 is 9.18 Å². The summed E-state index contributed by atoms with van der Waals surface area (Å²) in [4.78, 5) is 35.6. The Morgan fingerprint density at radius 1 is 0.976 bits per heavy atom. The third kappa shape index (κ3) is 4.75. The first kappa shape index (κ1) is 24.8. The molecule has 2 unspecified atom stereocenters. The molecule has 0 saturated carbocycles. The fraction of sp³-hybridized carbons (Fsp3) is 0.250. The molecule has 13 heteroatoms. The molecule has 3 fully saturated rings. The molecular weight excluding hydrogens is 525 g/mol. The Labute approximate surface area is 234 Å². The van der Waals surface area contributed by atoms with E-state index in [1.807, 2.05) is 43.0 Å². The predicted octanol–water partition coefficient (Wildman–Crippen LogP) is 3.45. The number of piperazine rings is 1. The van der Waals surface area contributed by atoms with Crippen LogP contribution in [0.15, 0.2) is 61.2 Å². The van der Waals surface area contributed by atoms with Crippen molar-refractivity contribution in [3.63, 3.8) is 0 Å². The van der Waals surface area contributed by atoms with Gasteiger partial charge < -0.3 is 15.1 Å². The number of nitrogens with one attached hydrogen (secondary N) is 2. The van der Waals surface area contributed by atoms with E-state index in [9.17, 15) is 9.18 Å². The van der Waals surface area contributed by atoms with Crippen LogP contribution in [0.25, 0.3) is 17.2 Å². The first-order valence-electron chi connectivity index (χ1n) is 13.2. The Kier molecular flexibility index (Phi) is 5.91. The van der Waals surface area contributed by atoms with Crippen LogP contribution < -0.4 is 10.2 Å². The molecule has 3 aliphatic heterocycles. The number of fused-ring (bicyclic) bond motifs is 2. The smallest absolute Gasteiger partial charge is 0.256 e. The van der Waals surface area contributed by atoms with Crippen molar-refractivity contribution in [1.29, 1.82) is 0 Å². The van der Waals surface area contributed by atoms with Crippen LogP contribution in [0.2, 0.25) is 0 Å². The Hall–Kier alpha value is -5.20. The van der Waals surface area contributed by atoms with Crippen molar-refractivity contribution in [1.82, 2.24) is 44.8 Å². The van der Waals surface area contributed by atoms with Gasteiger partial charge in [0.25, 0.3) is 5.91 Å². The average Bonchev–Trinajstić information content (AvgIpc) is 3.60. The number of hydrogen-bond acceptors (Lipinski definition) is 9. The molecule has 0 spiro atoms. The standard InChI is InChI=1S/C28H26FN11O/c1-16-7-23(34-24-8-17(2)36-37-24)35-27(33-16)18-3-5-25(30-10-18)38-14-21-9-22(15-38)40(21)28(41)19-4-6-26(31-11-19)39-13-20(29)12-32-39/h3-8,10-13,21-22H,9,14-15H2,1-2H3,(H2,33,34,35,36,37). The van der Waals surface area contributed by atoms with E-state index in [1.54, 1.807) is 18.3 Å². The molecule has 206 valence electrons. The molecule has 5 aromatic heterocycles. The second kappa shape index (κ2) is 9.77. The van der Waals surface area contributed by atoms with Crippen LogP contribution in [0.1, 0.15) is 28.2 Å². The molecule has 12 nitrogen and oxygen atoms in total. The third-order valence-electron chi connectivity index (χ3n) is 7.35. The van der Waals surface area contributed by atoms with Gasteiger partial charge in [-0.05, 0) is 44.5 Å². The summed E-state index contributed by atoms with van der Waals surface area (Å²) in [5, 5.41) is 14.2. The van der Waals surface area contributed by atoms with Crippen molar-refractivity contribution in [2.24, 2.45) is 0 Å². The molecule has 2 bridgehead atoms. The normalized spacial score (nSPS) is 17.8. The fourth-order valence-corrected chi connectivity index (χ4v) is 5.43. The highest BCUT2D eigenvalue weighted by atomic mass is 19.1. The number of amides is 1. The van der Waals surface area contributed by atoms with Gasteiger partial charge in [0.1, 0.15) is 11.6 Å². The number of anilines is 3. The van der Waals surface area contributed by atoms with Gasteiger partial charge in [0.15, 0.2) is 23.3 Å². The molecule has 0 radical (unpaired) electrons. The van der Waals surface area contributed by atoms with Crippen molar-refractivity contribution in [2.75, 3.05) is 23.3 Å². The lowest BCUT2D eigenvalue weighted by atomic mass is 9.86. The van der Waals surface area contributed by atoms with E-state index in [1.165, 1.54) is 17.1 Å². The average molecular weight is 552 g/mol. The number of pyridine rings is 2. The number of aryl methyl sites for hydroxylation is 2. The number of aromatic nitrogens is 8. The molecule has 3 aliphatic rings. The maximum absolute atomic E-state index is 13.3. The van der Waals surface area contributed by atoms with Gasteiger partial charge >= 0.3 is 0 Å². The van der Waals surface area contributed by atoms with Crippen LogP contribution in [0, 0.1) is 19.7 Å². The molecule has 2 atom stereocenters. The molecule has 8 rings (SSSR count). The zero-order valence-corrected chi connectivity index (χ0v) is 22.4. The predicted molar refractivity (Wildman–Crippen MR) is 148 cm³/mol. The Bertz CT molecular complexity index is 1720. The minimum Gasteiger partial charge on any atom is -0.352 e. The number of H-pyrrole nitrogens is 1. The SMILES string of the molecule is Cc1cc(Nc2cc(C)[nH]n2)nc(-c2ccc(N3CC4CC(C3)N4C(=O)c3ccc(-n4cc(F)cn4)nc3)nc2)n1. The lowest BCUT2D eigenvalue weighted by molar-refractivity contribution is 0.00573. The largest absolute Gasteiger partial charge is 0.352 e. The maximum atomic E-state index is 13.3. The summed E-state index contributed by atoms with van der Waals surface area (Å²) in [5.41, 5.74) is 3.10. The van der Waals surface area contributed by atoms with Crippen LogP contribution in [0.4, 0.5) is 21.8 Å². The maximum Gasteiger partial charge on any atom is 0.256 e. The molecule has 8 heterocycles. The highest BCUT2D eigenvalue weighted by Gasteiger charge is 2.47. The number of carbonyl (C=O) groups is 1. The minimum absolute atomic E-state index is 0.0501. The molecule has 3 saturated heterocycles. The van der Waals surface area contributed by atoms with Gasteiger partial charge in [-0.15, -0.1) is 0 Å². The lowest BCUT2D eigenvalue weighted by Gasteiger charge is -2.56. The van der Waals surface area contributed by atoms with Gasteiger partial charge in [0, 0.05) is 54.6 Å². The second-order valence-electron chi connectivity index (χ2n) is 10.4. The zero-order valence-electron chi connectivity index (χ0n) is 22.4. The van der Waals surface area contributed by atoms with Gasteiger partial charge in [0.05, 0.1) is 30.0 Å². The first-order chi connectivity index (χ1) is 19.9. The Balaban J connectivity index is 1.01. The molecule has 5 aromatic rings. The number of piperidine rings is 1. The summed E-state index contributed by atoms with van der Waals surface area (Å²) < 4.78 is 14.6. The van der Waals surface area contributed by atoms with E-state index in [0.29, 0.717) is 41.9 Å². The van der Waals surface area contributed by atoms with Crippen molar-refractivity contribution in [3.05, 3.63) is 84.0 Å². The fourth-order valence-electron chi connectivity index (χ4n) is 5.43. The van der Waals surface area contributed by atoms with E-state index >= 15 is 0 Å². The summed E-state index contributed by atoms with van der Waals surface area (Å²) >= 11 is 0. The monoisotopic (exact) mass is 551 g/mol. The van der Waals surface area contributed by atoms with Crippen molar-refractivity contribution >= 4 is 23.4 Å². The number of carbonyl (C=O) groups excluding carboxylic acids is 1. The molecule has 41 heavy (non-hydrogen) atoms. The van der Waals surface area contributed by atoms with E-state index in [2.05, 4.69) is 40.5 Å². The highest BCUT2D eigenvalue weighted by molar-refractivity contribution is 5.95. The molecule has 1 amide bonds. The van der Waals surface area contributed by atoms with Gasteiger partial charge in [-0.25, -0.2) is 29.0 Å². The summed E-state index contributed by atoms with van der Waals surface area (Å²) in [6.45, 7) is 5.26. The topological polar surface area (TPSA) is 134 Å². The van der Waals surface area contributed by atoms with Crippen molar-refractivity contribution in [2.45, 2.75) is 32.4 Å². The van der Waals surface area contributed by atoms with Gasteiger partial charge in [-0.1, -0.05) is 0 Å². The van der Waals surface area contributed by atoms with Crippen molar-refractivity contribution in [3.8, 4) is 17.2 Å². The van der Waals surface area contributed by atoms with Crippen LogP contribution >= 0.6 is 0 Å². The van der Waals surface area contributed by atoms with E-state index < -0.39 is 5.82 Å². The molecule has 0 aromatic carbocycles. The highest BCUT2D eigenvalue weighted by Crippen LogP contribution is 2.35. The summed E-state index contributed by atoms with van der Waals surface area (Å²) in [6, 6.07) is 11.3. The Morgan fingerprint density at radius 3 is 2.44 bits per heavy atom. The quantitative estimate of drug-likeness (QED) is 0.325. The number of rotatable bonds is 6. The summed E-state index contributed by atoms with van der Waals surface area (Å²) in [5.74, 6) is 2.73. The van der Waals surface area contributed by atoms with Crippen LogP contribution in [0.5, 0.6) is 0 Å². The van der Waals surface area contributed by atoms with Gasteiger partial charge in [-0.3, -0.25) is 9.89 Å².